The van der Waals surface area contributed by atoms with Crippen LogP contribution >= 0.6 is 0 Å². The van der Waals surface area contributed by atoms with Gasteiger partial charge in [-0.25, -0.2) is 9.37 Å². The molecular formula is C27H31F2N5O2. The molecule has 7 nitrogen and oxygen atoms in total. The van der Waals surface area contributed by atoms with Crippen LogP contribution in [0.2, 0.25) is 0 Å². The van der Waals surface area contributed by atoms with Crippen molar-refractivity contribution in [1.29, 1.82) is 0 Å². The largest absolute Gasteiger partial charge is 0.507 e. The van der Waals surface area contributed by atoms with Gasteiger partial charge in [0.05, 0.1) is 17.8 Å². The van der Waals surface area contributed by atoms with E-state index < -0.39 is 17.7 Å². The van der Waals surface area contributed by atoms with Crippen molar-refractivity contribution in [3.8, 4) is 28.3 Å². The normalized spacial score (nSPS) is 27.6. The highest BCUT2D eigenvalue weighted by atomic mass is 19.1. The molecule has 190 valence electrons. The predicted molar refractivity (Wildman–Crippen MR) is 134 cm³/mol. The molecule has 1 N–H and O–H groups in total. The maximum atomic E-state index is 15.7. The first-order valence-corrected chi connectivity index (χ1v) is 12.3. The van der Waals surface area contributed by atoms with Crippen LogP contribution in [0.25, 0.3) is 22.5 Å². The second kappa shape index (κ2) is 8.64. The maximum absolute atomic E-state index is 15.7. The highest BCUT2D eigenvalue weighted by Crippen LogP contribution is 2.57. The van der Waals surface area contributed by atoms with Crippen LogP contribution in [0.3, 0.4) is 0 Å². The van der Waals surface area contributed by atoms with Gasteiger partial charge < -0.3 is 10.0 Å². The van der Waals surface area contributed by atoms with Gasteiger partial charge in [-0.2, -0.15) is 4.39 Å². The first kappa shape index (κ1) is 24.3. The van der Waals surface area contributed by atoms with Crippen LogP contribution < -0.4 is 10.5 Å². The highest BCUT2D eigenvalue weighted by Gasteiger charge is 2.54. The van der Waals surface area contributed by atoms with Crippen molar-refractivity contribution in [2.24, 2.45) is 17.9 Å². The minimum atomic E-state index is -0.964. The van der Waals surface area contributed by atoms with Gasteiger partial charge in [0.2, 0.25) is 0 Å². The quantitative estimate of drug-likeness (QED) is 0.520. The lowest BCUT2D eigenvalue weighted by molar-refractivity contribution is -0.0540. The fraction of sp³-hybridized carbons (Fsp3) is 0.481. The summed E-state index contributed by atoms with van der Waals surface area (Å²) in [6, 6.07) is 6.92. The van der Waals surface area contributed by atoms with Crippen molar-refractivity contribution in [2.45, 2.75) is 58.2 Å². The zero-order chi connectivity index (χ0) is 25.8. The molecule has 0 radical (unpaired) electrons. The number of phenols is 1. The van der Waals surface area contributed by atoms with Gasteiger partial charge in [0.15, 0.2) is 17.6 Å². The van der Waals surface area contributed by atoms with Crippen LogP contribution in [0, 0.1) is 16.8 Å². The fourth-order valence-corrected chi connectivity index (χ4v) is 6.28. The number of phenolic OH excluding ortho intramolecular Hbond substituents is 1. The molecule has 9 heteroatoms. The smallest absolute Gasteiger partial charge is 0.253 e. The fourth-order valence-electron chi connectivity index (χ4n) is 6.28. The molecule has 5 rings (SSSR count). The standard InChI is InChI=1S/C27H31F2N5O2/c1-26-8-5-9-27(2,15-26)24(29)19(13-26)33(3)22-14-30-25(32-31-22)18-7-6-16(10-20(18)35)17-11-21(28)34(4)23(36)12-17/h6-7,10-12,14,19,24,35H,5,8-9,13,15H2,1-4H3/t19-,24-,26-,27-/m1/s1. The summed E-state index contributed by atoms with van der Waals surface area (Å²) in [5.41, 5.74) is 0.491. The SMILES string of the molecule is CN(c1cnc(-c2ccc(-c3cc(F)n(C)c(=O)c3)cc2O)nn1)[C@@H]1C[C@@]2(C)CCC[C@](C)(C2)[C@@H]1F. The zero-order valence-corrected chi connectivity index (χ0v) is 21.0. The summed E-state index contributed by atoms with van der Waals surface area (Å²) in [5, 5.41) is 19.1. The number of hydrogen-bond donors (Lipinski definition) is 1. The van der Waals surface area contributed by atoms with Gasteiger partial charge in [0.25, 0.3) is 5.56 Å². The molecule has 0 spiro atoms. The molecule has 1 aromatic carbocycles. The van der Waals surface area contributed by atoms with Crippen molar-refractivity contribution < 1.29 is 13.9 Å². The molecule has 2 aliphatic rings. The number of hydrogen-bond acceptors (Lipinski definition) is 6. The average Bonchev–Trinajstić information content (AvgIpc) is 2.84. The summed E-state index contributed by atoms with van der Waals surface area (Å²) >= 11 is 0. The molecule has 0 saturated heterocycles. The Morgan fingerprint density at radius 2 is 1.92 bits per heavy atom. The number of fused-ring (bicyclic) bond motifs is 2. The third-order valence-corrected chi connectivity index (χ3v) is 8.25. The molecule has 2 saturated carbocycles. The monoisotopic (exact) mass is 495 g/mol. The van der Waals surface area contributed by atoms with Crippen molar-refractivity contribution in [2.75, 3.05) is 11.9 Å². The highest BCUT2D eigenvalue weighted by molar-refractivity contribution is 5.72. The summed E-state index contributed by atoms with van der Waals surface area (Å²) in [6.07, 6.45) is 5.33. The topological polar surface area (TPSA) is 84.1 Å². The number of alkyl halides is 1. The van der Waals surface area contributed by atoms with Crippen LogP contribution in [0.15, 0.2) is 41.3 Å². The second-order valence-corrected chi connectivity index (χ2v) is 11.1. The first-order chi connectivity index (χ1) is 17.0. The number of aromatic nitrogens is 4. The minimum Gasteiger partial charge on any atom is -0.507 e. The van der Waals surface area contributed by atoms with Crippen LogP contribution in [0.4, 0.5) is 14.6 Å². The molecule has 2 aliphatic carbocycles. The number of anilines is 1. The zero-order valence-electron chi connectivity index (χ0n) is 21.0. The lowest BCUT2D eigenvalue weighted by atomic mass is 9.54. The molecule has 2 heterocycles. The van der Waals surface area contributed by atoms with Crippen LogP contribution in [0.1, 0.15) is 46.0 Å². The van der Waals surface area contributed by atoms with Gasteiger partial charge in [0, 0.05) is 25.6 Å². The molecule has 0 amide bonds. The van der Waals surface area contributed by atoms with E-state index >= 15 is 4.39 Å². The van der Waals surface area contributed by atoms with Gasteiger partial charge in [-0.05, 0) is 60.4 Å². The number of nitrogens with zero attached hydrogens (tertiary/aromatic N) is 5. The molecule has 3 aromatic rings. The van der Waals surface area contributed by atoms with Gasteiger partial charge >= 0.3 is 0 Å². The number of pyridine rings is 1. The van der Waals surface area contributed by atoms with E-state index in [-0.39, 0.29) is 28.4 Å². The summed E-state index contributed by atoms with van der Waals surface area (Å²) in [7, 11) is 3.19. The third-order valence-electron chi connectivity index (χ3n) is 8.25. The molecule has 2 bridgehead atoms. The molecule has 36 heavy (non-hydrogen) atoms. The Morgan fingerprint density at radius 1 is 1.14 bits per heavy atom. The van der Waals surface area contributed by atoms with Crippen LogP contribution in [0.5, 0.6) is 5.75 Å². The van der Waals surface area contributed by atoms with Crippen LogP contribution in [-0.2, 0) is 7.05 Å². The lowest BCUT2D eigenvalue weighted by Gasteiger charge is -2.55. The Balaban J connectivity index is 1.38. The van der Waals surface area contributed by atoms with Crippen LogP contribution in [-0.4, -0.2) is 44.1 Å². The van der Waals surface area contributed by atoms with E-state index in [4.69, 9.17) is 0 Å². The van der Waals surface area contributed by atoms with E-state index in [1.54, 1.807) is 18.3 Å². The van der Waals surface area contributed by atoms with Crippen molar-refractivity contribution in [1.82, 2.24) is 19.7 Å². The summed E-state index contributed by atoms with van der Waals surface area (Å²) < 4.78 is 30.6. The Hall–Kier alpha value is -3.36. The second-order valence-electron chi connectivity index (χ2n) is 11.1. The molecular weight excluding hydrogens is 464 g/mol. The number of halogens is 2. The molecule has 2 aromatic heterocycles. The Kier molecular flexibility index (Phi) is 5.84. The Morgan fingerprint density at radius 3 is 2.58 bits per heavy atom. The molecule has 4 atom stereocenters. The summed E-state index contributed by atoms with van der Waals surface area (Å²) in [6.45, 7) is 4.33. The maximum Gasteiger partial charge on any atom is 0.253 e. The third kappa shape index (κ3) is 4.14. The first-order valence-electron chi connectivity index (χ1n) is 12.3. The van der Waals surface area contributed by atoms with Crippen molar-refractivity contribution in [3.05, 3.63) is 52.8 Å². The van der Waals surface area contributed by atoms with Gasteiger partial charge in [-0.3, -0.25) is 9.36 Å². The Labute approximate surface area is 208 Å². The van der Waals surface area contributed by atoms with E-state index in [0.717, 1.165) is 36.7 Å². The molecule has 0 aliphatic heterocycles. The van der Waals surface area contributed by atoms with Crippen molar-refractivity contribution in [3.63, 3.8) is 0 Å². The van der Waals surface area contributed by atoms with E-state index in [1.165, 1.54) is 25.2 Å². The van der Waals surface area contributed by atoms with Gasteiger partial charge in [0.1, 0.15) is 11.9 Å². The van der Waals surface area contributed by atoms with Gasteiger partial charge in [-0.1, -0.05) is 26.3 Å². The summed E-state index contributed by atoms with van der Waals surface area (Å²) in [4.78, 5) is 18.2. The number of aromatic hydroxyl groups is 1. The summed E-state index contributed by atoms with van der Waals surface area (Å²) in [5.74, 6) is -0.109. The van der Waals surface area contributed by atoms with E-state index in [9.17, 15) is 14.3 Å². The average molecular weight is 496 g/mol. The molecule has 0 unspecified atom stereocenters. The molecule has 2 fully saturated rings. The minimum absolute atomic E-state index is 0.120. The van der Waals surface area contributed by atoms with E-state index in [2.05, 4.69) is 29.0 Å². The Bertz CT molecular complexity index is 1360. The van der Waals surface area contributed by atoms with Crippen molar-refractivity contribution >= 4 is 5.82 Å². The van der Waals surface area contributed by atoms with E-state index in [0.29, 0.717) is 22.5 Å². The number of rotatable bonds is 4. The van der Waals surface area contributed by atoms with E-state index in [1.807, 2.05) is 11.9 Å². The lowest BCUT2D eigenvalue weighted by Crippen LogP contribution is -2.57. The predicted octanol–water partition coefficient (Wildman–Crippen LogP) is 4.88. The number of benzene rings is 1. The van der Waals surface area contributed by atoms with Gasteiger partial charge in [-0.15, -0.1) is 10.2 Å².